The molecule has 0 spiro atoms. The minimum Gasteiger partial charge on any atom is -0.323 e. The van der Waals surface area contributed by atoms with Crippen molar-refractivity contribution < 1.29 is 4.79 Å². The number of benzene rings is 2. The largest absolute Gasteiger partial charge is 0.323 e. The minimum atomic E-state index is -0.304. The van der Waals surface area contributed by atoms with Crippen LogP contribution in [-0.4, -0.2) is 13.0 Å². The number of aryl methyl sites for hydroxylation is 2. The lowest BCUT2D eigenvalue weighted by Crippen LogP contribution is -2.37. The van der Waals surface area contributed by atoms with E-state index in [0.29, 0.717) is 0 Å². The van der Waals surface area contributed by atoms with Crippen LogP contribution in [0.1, 0.15) is 29.7 Å². The van der Waals surface area contributed by atoms with Crippen LogP contribution in [0.4, 0.5) is 5.69 Å². The Morgan fingerprint density at radius 2 is 1.57 bits per heavy atom. The maximum Gasteiger partial charge on any atom is 0.231 e. The van der Waals surface area contributed by atoms with Gasteiger partial charge in [-0.05, 0) is 42.7 Å². The molecule has 124 valence electrons. The summed E-state index contributed by atoms with van der Waals surface area (Å²) in [6, 6.07) is 15.6. The highest BCUT2D eigenvalue weighted by Crippen LogP contribution is 2.24. The lowest BCUT2D eigenvalue weighted by atomic mass is 9.94. The standard InChI is InChI=1S/C19H24N2O.ClH/c1-13-10-14(2)12-17(11-13)21(4)19(22)15(3)18(20)16-8-6-5-7-9-16;/h5-12,15,18H,20H2,1-4H3;1H. The molecule has 0 saturated carbocycles. The maximum absolute atomic E-state index is 12.7. The van der Waals surface area contributed by atoms with Gasteiger partial charge in [0, 0.05) is 18.8 Å². The normalized spacial score (nSPS) is 12.9. The third-order valence-electron chi connectivity index (χ3n) is 4.04. The second kappa shape index (κ2) is 8.14. The lowest BCUT2D eigenvalue weighted by molar-refractivity contribution is -0.122. The molecule has 1 amide bonds. The van der Waals surface area contributed by atoms with Gasteiger partial charge in [-0.2, -0.15) is 0 Å². The minimum absolute atomic E-state index is 0. The van der Waals surface area contributed by atoms with E-state index >= 15 is 0 Å². The Kier molecular flexibility index (Phi) is 6.79. The number of nitrogens with two attached hydrogens (primary N) is 1. The molecule has 2 atom stereocenters. The van der Waals surface area contributed by atoms with Gasteiger partial charge in [-0.15, -0.1) is 12.4 Å². The molecule has 0 aliphatic rings. The van der Waals surface area contributed by atoms with Crippen LogP contribution in [0.2, 0.25) is 0 Å². The highest BCUT2D eigenvalue weighted by atomic mass is 35.5. The fourth-order valence-electron chi connectivity index (χ4n) is 2.69. The van der Waals surface area contributed by atoms with E-state index in [4.69, 9.17) is 5.73 Å². The SMILES string of the molecule is Cc1cc(C)cc(N(C)C(=O)C(C)C(N)c2ccccc2)c1.Cl. The first-order valence-corrected chi connectivity index (χ1v) is 7.56. The molecule has 0 heterocycles. The van der Waals surface area contributed by atoms with Crippen molar-refractivity contribution in [2.45, 2.75) is 26.8 Å². The molecule has 2 unspecified atom stereocenters. The van der Waals surface area contributed by atoms with Crippen molar-refractivity contribution in [1.82, 2.24) is 0 Å². The third-order valence-corrected chi connectivity index (χ3v) is 4.04. The molecule has 2 N–H and O–H groups in total. The Hall–Kier alpha value is -1.84. The van der Waals surface area contributed by atoms with E-state index in [1.807, 2.05) is 70.3 Å². The number of amides is 1. The summed E-state index contributed by atoms with van der Waals surface area (Å²) in [5.41, 5.74) is 10.5. The smallest absolute Gasteiger partial charge is 0.231 e. The number of hydrogen-bond donors (Lipinski definition) is 1. The first-order valence-electron chi connectivity index (χ1n) is 7.56. The summed E-state index contributed by atoms with van der Waals surface area (Å²) in [5, 5.41) is 0. The van der Waals surface area contributed by atoms with Crippen LogP contribution < -0.4 is 10.6 Å². The van der Waals surface area contributed by atoms with E-state index in [0.717, 1.165) is 22.4 Å². The van der Waals surface area contributed by atoms with Crippen molar-refractivity contribution >= 4 is 24.0 Å². The van der Waals surface area contributed by atoms with E-state index in [2.05, 4.69) is 6.07 Å². The lowest BCUT2D eigenvalue weighted by Gasteiger charge is -2.26. The number of hydrogen-bond acceptors (Lipinski definition) is 2. The van der Waals surface area contributed by atoms with Crippen LogP contribution in [-0.2, 0) is 4.79 Å². The summed E-state index contributed by atoms with van der Waals surface area (Å²) >= 11 is 0. The van der Waals surface area contributed by atoms with Gasteiger partial charge < -0.3 is 10.6 Å². The molecule has 0 saturated heterocycles. The molecule has 4 heteroatoms. The summed E-state index contributed by atoms with van der Waals surface area (Å²) in [4.78, 5) is 14.4. The van der Waals surface area contributed by atoms with Crippen LogP contribution in [0.5, 0.6) is 0 Å². The quantitative estimate of drug-likeness (QED) is 0.919. The second-order valence-electron chi connectivity index (χ2n) is 5.97. The van der Waals surface area contributed by atoms with Gasteiger partial charge in [0.05, 0.1) is 5.92 Å². The van der Waals surface area contributed by atoms with E-state index in [9.17, 15) is 4.79 Å². The van der Waals surface area contributed by atoms with E-state index in [1.165, 1.54) is 0 Å². The predicted octanol–water partition coefficient (Wildman–Crippen LogP) is 4.02. The van der Waals surface area contributed by atoms with Gasteiger partial charge in [0.2, 0.25) is 5.91 Å². The van der Waals surface area contributed by atoms with Crippen LogP contribution in [0, 0.1) is 19.8 Å². The molecule has 0 aromatic heterocycles. The average Bonchev–Trinajstić information content (AvgIpc) is 2.52. The van der Waals surface area contributed by atoms with Gasteiger partial charge in [0.1, 0.15) is 0 Å². The highest BCUT2D eigenvalue weighted by molar-refractivity contribution is 5.95. The van der Waals surface area contributed by atoms with Gasteiger partial charge in [0.25, 0.3) is 0 Å². The molecule has 0 aliphatic heterocycles. The first kappa shape index (κ1) is 19.2. The number of rotatable bonds is 4. The Balaban J connectivity index is 0.00000264. The van der Waals surface area contributed by atoms with Gasteiger partial charge in [-0.25, -0.2) is 0 Å². The number of anilines is 1. The average molecular weight is 333 g/mol. The molecule has 0 fully saturated rings. The molecule has 0 bridgehead atoms. The summed E-state index contributed by atoms with van der Waals surface area (Å²) in [7, 11) is 1.81. The maximum atomic E-state index is 12.7. The zero-order valence-electron chi connectivity index (χ0n) is 14.1. The number of carbonyl (C=O) groups is 1. The molecular formula is C19H25ClN2O. The van der Waals surface area contributed by atoms with Crippen LogP contribution in [0.25, 0.3) is 0 Å². The molecule has 2 rings (SSSR count). The van der Waals surface area contributed by atoms with Gasteiger partial charge in [0.15, 0.2) is 0 Å². The fourth-order valence-corrected chi connectivity index (χ4v) is 2.69. The summed E-state index contributed by atoms with van der Waals surface area (Å²) in [6.07, 6.45) is 0. The monoisotopic (exact) mass is 332 g/mol. The summed E-state index contributed by atoms with van der Waals surface area (Å²) in [5.74, 6) is -0.255. The Morgan fingerprint density at radius 1 is 1.04 bits per heavy atom. The number of carbonyl (C=O) groups excluding carboxylic acids is 1. The predicted molar refractivity (Wildman–Crippen MR) is 99.1 cm³/mol. The third kappa shape index (κ3) is 4.57. The van der Waals surface area contributed by atoms with Gasteiger partial charge >= 0.3 is 0 Å². The van der Waals surface area contributed by atoms with Gasteiger partial charge in [-0.1, -0.05) is 43.3 Å². The molecule has 2 aromatic carbocycles. The topological polar surface area (TPSA) is 46.3 Å². The summed E-state index contributed by atoms with van der Waals surface area (Å²) < 4.78 is 0. The molecule has 0 aliphatic carbocycles. The molecule has 23 heavy (non-hydrogen) atoms. The van der Waals surface area contributed by atoms with Crippen molar-refractivity contribution in [2.24, 2.45) is 11.7 Å². The van der Waals surface area contributed by atoms with Crippen molar-refractivity contribution in [3.05, 3.63) is 65.2 Å². The molecule has 3 nitrogen and oxygen atoms in total. The Bertz CT molecular complexity index is 637. The van der Waals surface area contributed by atoms with Crippen molar-refractivity contribution in [1.29, 1.82) is 0 Å². The number of halogens is 1. The van der Waals surface area contributed by atoms with E-state index in [1.54, 1.807) is 4.90 Å². The van der Waals surface area contributed by atoms with Crippen LogP contribution >= 0.6 is 12.4 Å². The Labute approximate surface area is 144 Å². The summed E-state index contributed by atoms with van der Waals surface area (Å²) in [6.45, 7) is 5.96. The molecule has 0 radical (unpaired) electrons. The number of nitrogens with zero attached hydrogens (tertiary/aromatic N) is 1. The van der Waals surface area contributed by atoms with E-state index < -0.39 is 0 Å². The fraction of sp³-hybridized carbons (Fsp3) is 0.316. The van der Waals surface area contributed by atoms with Gasteiger partial charge in [-0.3, -0.25) is 4.79 Å². The van der Waals surface area contributed by atoms with Crippen LogP contribution in [0.15, 0.2) is 48.5 Å². The molecular weight excluding hydrogens is 308 g/mol. The Morgan fingerprint density at radius 3 is 2.09 bits per heavy atom. The zero-order chi connectivity index (χ0) is 16.3. The second-order valence-corrected chi connectivity index (χ2v) is 5.97. The highest BCUT2D eigenvalue weighted by Gasteiger charge is 2.25. The van der Waals surface area contributed by atoms with Crippen molar-refractivity contribution in [2.75, 3.05) is 11.9 Å². The zero-order valence-corrected chi connectivity index (χ0v) is 14.9. The van der Waals surface area contributed by atoms with Crippen molar-refractivity contribution in [3.63, 3.8) is 0 Å². The first-order chi connectivity index (χ1) is 10.4. The van der Waals surface area contributed by atoms with Crippen LogP contribution in [0.3, 0.4) is 0 Å². The van der Waals surface area contributed by atoms with E-state index in [-0.39, 0.29) is 30.3 Å². The van der Waals surface area contributed by atoms with Crippen molar-refractivity contribution in [3.8, 4) is 0 Å². The molecule has 2 aromatic rings.